The number of carbonyl (C=O) groups excluding carboxylic acids is 3. The maximum Gasteiger partial charge on any atom is 0.305 e. The third kappa shape index (κ3) is 10.5. The molecule has 0 aromatic rings. The molecule has 0 spiro atoms. The van der Waals surface area contributed by atoms with Crippen LogP contribution in [-0.2, 0) is 19.1 Å². The zero-order chi connectivity index (χ0) is 13.8. The lowest BCUT2D eigenvalue weighted by atomic mass is 10.3. The van der Waals surface area contributed by atoms with Gasteiger partial charge < -0.3 is 9.47 Å². The smallest absolute Gasteiger partial charge is 0.305 e. The van der Waals surface area contributed by atoms with Gasteiger partial charge in [0, 0.05) is 24.3 Å². The molecule has 0 unspecified atom stereocenters. The van der Waals surface area contributed by atoms with Gasteiger partial charge in [0.15, 0.2) is 0 Å². The molecule has 0 heterocycles. The molecule has 0 aliphatic rings. The number of rotatable bonds is 8. The summed E-state index contributed by atoms with van der Waals surface area (Å²) in [4.78, 5) is 33.0. The van der Waals surface area contributed by atoms with Gasteiger partial charge in [-0.05, 0) is 12.8 Å². The van der Waals surface area contributed by atoms with Gasteiger partial charge in [-0.15, -0.1) is 0 Å². The van der Waals surface area contributed by atoms with E-state index in [4.69, 9.17) is 0 Å². The molecular weight excluding hydrogens is 276 g/mol. The Labute approximate surface area is 115 Å². The van der Waals surface area contributed by atoms with Crippen molar-refractivity contribution in [3.8, 4) is 0 Å². The van der Waals surface area contributed by atoms with Crippen molar-refractivity contribution in [2.45, 2.75) is 25.7 Å². The highest BCUT2D eigenvalue weighted by molar-refractivity contribution is 8.38. The third-order valence-corrected chi connectivity index (χ3v) is 4.11. The molecule has 7 heteroatoms. The van der Waals surface area contributed by atoms with Crippen molar-refractivity contribution in [3.05, 3.63) is 0 Å². The fourth-order valence-electron chi connectivity index (χ4n) is 0.990. The predicted molar refractivity (Wildman–Crippen MR) is 72.8 cm³/mol. The summed E-state index contributed by atoms with van der Waals surface area (Å²) < 4.78 is 8.99. The molecule has 5 nitrogen and oxygen atoms in total. The van der Waals surface area contributed by atoms with Crippen LogP contribution in [0.2, 0.25) is 0 Å². The van der Waals surface area contributed by atoms with Crippen LogP contribution in [-0.4, -0.2) is 42.1 Å². The highest BCUT2D eigenvalue weighted by Gasteiger charge is 2.06. The molecule has 0 fully saturated rings. The first kappa shape index (κ1) is 17.3. The highest BCUT2D eigenvalue weighted by atomic mass is 32.2. The van der Waals surface area contributed by atoms with E-state index < -0.39 is 0 Å². The number of carbonyl (C=O) groups is 3. The van der Waals surface area contributed by atoms with Crippen molar-refractivity contribution in [1.29, 1.82) is 0 Å². The van der Waals surface area contributed by atoms with E-state index in [0.29, 0.717) is 37.2 Å². The number of hydrogen-bond donors (Lipinski definition) is 0. The number of hydrogen-bond acceptors (Lipinski definition) is 7. The molecule has 18 heavy (non-hydrogen) atoms. The average Bonchev–Trinajstić information content (AvgIpc) is 2.38. The van der Waals surface area contributed by atoms with Crippen LogP contribution in [0.5, 0.6) is 0 Å². The van der Waals surface area contributed by atoms with Crippen LogP contribution in [0.1, 0.15) is 25.7 Å². The van der Waals surface area contributed by atoms with E-state index in [0.717, 1.165) is 0 Å². The van der Waals surface area contributed by atoms with Gasteiger partial charge in [-0.3, -0.25) is 14.4 Å². The van der Waals surface area contributed by atoms with E-state index in [1.54, 1.807) is 0 Å². The lowest BCUT2D eigenvalue weighted by molar-refractivity contribution is -0.141. The first-order valence-electron chi connectivity index (χ1n) is 5.53. The Hall–Kier alpha value is -0.690. The lowest BCUT2D eigenvalue weighted by Crippen LogP contribution is -2.01. The van der Waals surface area contributed by atoms with Crippen LogP contribution in [0.4, 0.5) is 4.79 Å². The summed E-state index contributed by atoms with van der Waals surface area (Å²) in [6.07, 6.45) is 1.94. The highest BCUT2D eigenvalue weighted by Crippen LogP contribution is 2.19. The van der Waals surface area contributed by atoms with Gasteiger partial charge in [0.2, 0.25) is 4.45 Å². The minimum atomic E-state index is -0.256. The maximum atomic E-state index is 11.4. The Morgan fingerprint density at radius 1 is 0.833 bits per heavy atom. The van der Waals surface area contributed by atoms with Crippen LogP contribution >= 0.6 is 23.5 Å². The number of esters is 2. The Bertz CT molecular complexity index is 255. The molecule has 0 atom stereocenters. The zero-order valence-electron chi connectivity index (χ0n) is 10.6. The van der Waals surface area contributed by atoms with Crippen LogP contribution in [0.15, 0.2) is 0 Å². The van der Waals surface area contributed by atoms with Crippen molar-refractivity contribution >= 4 is 39.9 Å². The quantitative estimate of drug-likeness (QED) is 0.503. The fourth-order valence-corrected chi connectivity index (χ4v) is 2.73. The van der Waals surface area contributed by atoms with Crippen molar-refractivity contribution < 1.29 is 23.9 Å². The van der Waals surface area contributed by atoms with E-state index in [2.05, 4.69) is 9.47 Å². The zero-order valence-corrected chi connectivity index (χ0v) is 12.2. The molecule has 0 aliphatic carbocycles. The van der Waals surface area contributed by atoms with Crippen LogP contribution in [0, 0.1) is 0 Å². The SMILES string of the molecule is COC(=O)CCCSC(=O)SCCCC(=O)OC. The molecule has 0 bridgehead atoms. The largest absolute Gasteiger partial charge is 0.469 e. The number of ether oxygens (including phenoxy) is 2. The molecular formula is C11H18O5S2. The predicted octanol–water partition coefficient (Wildman–Crippen LogP) is 2.48. The van der Waals surface area contributed by atoms with Crippen molar-refractivity contribution in [2.75, 3.05) is 25.7 Å². The van der Waals surface area contributed by atoms with E-state index in [1.165, 1.54) is 37.7 Å². The molecule has 0 aliphatic heterocycles. The van der Waals surface area contributed by atoms with Gasteiger partial charge in [0.05, 0.1) is 14.2 Å². The summed E-state index contributed by atoms with van der Waals surface area (Å²) in [5.41, 5.74) is 0. The van der Waals surface area contributed by atoms with Gasteiger partial charge in [-0.1, -0.05) is 23.5 Å². The maximum absolute atomic E-state index is 11.4. The van der Waals surface area contributed by atoms with Crippen LogP contribution in [0.25, 0.3) is 0 Å². The van der Waals surface area contributed by atoms with Crippen molar-refractivity contribution in [3.63, 3.8) is 0 Å². The molecule has 0 amide bonds. The Morgan fingerprint density at radius 2 is 1.22 bits per heavy atom. The Balaban J connectivity index is 3.38. The minimum Gasteiger partial charge on any atom is -0.469 e. The fraction of sp³-hybridized carbons (Fsp3) is 0.727. The van der Waals surface area contributed by atoms with E-state index in [1.807, 2.05) is 0 Å². The van der Waals surface area contributed by atoms with Crippen LogP contribution in [0.3, 0.4) is 0 Å². The second-order valence-electron chi connectivity index (χ2n) is 3.31. The summed E-state index contributed by atoms with van der Waals surface area (Å²) >= 11 is 2.39. The second kappa shape index (κ2) is 11.4. The molecule has 0 aromatic heterocycles. The molecule has 0 aromatic carbocycles. The summed E-state index contributed by atoms with van der Waals surface area (Å²) in [6, 6.07) is 0. The van der Waals surface area contributed by atoms with Gasteiger partial charge in [-0.2, -0.15) is 0 Å². The summed E-state index contributed by atoms with van der Waals surface area (Å²) in [5.74, 6) is 0.707. The minimum absolute atomic E-state index is 0.0183. The average molecular weight is 294 g/mol. The molecule has 0 N–H and O–H groups in total. The number of thioether (sulfide) groups is 2. The lowest BCUT2D eigenvalue weighted by Gasteiger charge is -2.01. The second-order valence-corrected chi connectivity index (χ2v) is 5.70. The molecule has 0 saturated heterocycles. The monoisotopic (exact) mass is 294 g/mol. The first-order valence-corrected chi connectivity index (χ1v) is 7.50. The van der Waals surface area contributed by atoms with E-state index in [-0.39, 0.29) is 16.4 Å². The van der Waals surface area contributed by atoms with Crippen LogP contribution < -0.4 is 0 Å². The van der Waals surface area contributed by atoms with Crippen molar-refractivity contribution in [1.82, 2.24) is 0 Å². The third-order valence-electron chi connectivity index (χ3n) is 1.95. The van der Waals surface area contributed by atoms with Gasteiger partial charge in [0.25, 0.3) is 0 Å². The van der Waals surface area contributed by atoms with Gasteiger partial charge >= 0.3 is 11.9 Å². The summed E-state index contributed by atoms with van der Waals surface area (Å²) in [6.45, 7) is 0. The Morgan fingerprint density at radius 3 is 1.56 bits per heavy atom. The molecule has 0 saturated carbocycles. The first-order chi connectivity index (χ1) is 8.60. The standard InChI is InChI=1S/C11H18O5S2/c1-15-9(12)5-3-7-17-11(14)18-8-4-6-10(13)16-2/h3-8H2,1-2H3. The Kier molecular flexibility index (Phi) is 11.0. The van der Waals surface area contributed by atoms with Crippen molar-refractivity contribution in [2.24, 2.45) is 0 Å². The van der Waals surface area contributed by atoms with Gasteiger partial charge in [-0.25, -0.2) is 0 Å². The molecule has 104 valence electrons. The molecule has 0 rings (SSSR count). The van der Waals surface area contributed by atoms with Gasteiger partial charge in [0.1, 0.15) is 0 Å². The molecule has 0 radical (unpaired) electrons. The van der Waals surface area contributed by atoms with E-state index >= 15 is 0 Å². The topological polar surface area (TPSA) is 69.7 Å². The summed E-state index contributed by atoms with van der Waals surface area (Å²) in [5, 5.41) is 0. The number of methoxy groups -OCH3 is 2. The normalized spacial score (nSPS) is 9.89. The van der Waals surface area contributed by atoms with E-state index in [9.17, 15) is 14.4 Å². The summed E-state index contributed by atoms with van der Waals surface area (Å²) in [7, 11) is 2.69.